The van der Waals surface area contributed by atoms with Crippen LogP contribution in [-0.2, 0) is 16.6 Å². The van der Waals surface area contributed by atoms with Crippen molar-refractivity contribution in [2.45, 2.75) is 38.6 Å². The molecule has 0 spiro atoms. The van der Waals surface area contributed by atoms with Crippen molar-refractivity contribution in [2.24, 2.45) is 5.92 Å². The molecule has 0 aliphatic rings. The molecule has 110 valence electrons. The first-order valence-electron chi connectivity index (χ1n) is 6.63. The fourth-order valence-electron chi connectivity index (χ4n) is 1.85. The van der Waals surface area contributed by atoms with Gasteiger partial charge in [-0.25, -0.2) is 12.7 Å². The van der Waals surface area contributed by atoms with Crippen LogP contribution < -0.4 is 5.32 Å². The molecule has 19 heavy (non-hydrogen) atoms. The van der Waals surface area contributed by atoms with Crippen LogP contribution in [0.4, 0.5) is 0 Å². The Bertz CT molecular complexity index is 481. The minimum absolute atomic E-state index is 0.320. The van der Waals surface area contributed by atoms with Gasteiger partial charge in [0.15, 0.2) is 0 Å². The van der Waals surface area contributed by atoms with E-state index in [0.29, 0.717) is 23.9 Å². The summed E-state index contributed by atoms with van der Waals surface area (Å²) in [5, 5.41) is 5.10. The summed E-state index contributed by atoms with van der Waals surface area (Å²) in [5.41, 5.74) is 0. The van der Waals surface area contributed by atoms with Gasteiger partial charge in [-0.15, -0.1) is 11.3 Å². The van der Waals surface area contributed by atoms with Gasteiger partial charge in [-0.05, 0) is 30.3 Å². The Morgan fingerprint density at radius 2 is 2.11 bits per heavy atom. The van der Waals surface area contributed by atoms with Gasteiger partial charge < -0.3 is 5.32 Å². The summed E-state index contributed by atoms with van der Waals surface area (Å²) in [5.74, 6) is 0.320. The summed E-state index contributed by atoms with van der Waals surface area (Å²) in [4.78, 5) is 1.34. The standard InChI is InChI=1S/C13H24N2O2S2/c1-5-7-14-9-12-13(6-8-18-12)19(16,17)15(4)10-11(2)3/h6,8,11,14H,5,7,9-10H2,1-4H3. The third-order valence-corrected chi connectivity index (χ3v) is 5.69. The van der Waals surface area contributed by atoms with E-state index >= 15 is 0 Å². The first kappa shape index (κ1) is 16.6. The Labute approximate surface area is 120 Å². The van der Waals surface area contributed by atoms with Gasteiger partial charge in [0.2, 0.25) is 10.0 Å². The average molecular weight is 304 g/mol. The largest absolute Gasteiger partial charge is 0.312 e. The molecular formula is C13H24N2O2S2. The van der Waals surface area contributed by atoms with E-state index in [9.17, 15) is 8.42 Å². The number of hydrogen-bond donors (Lipinski definition) is 1. The lowest BCUT2D eigenvalue weighted by Gasteiger charge is -2.19. The summed E-state index contributed by atoms with van der Waals surface area (Å²) in [6, 6.07) is 1.71. The second kappa shape index (κ2) is 7.38. The van der Waals surface area contributed by atoms with Crippen molar-refractivity contribution >= 4 is 21.4 Å². The van der Waals surface area contributed by atoms with Crippen LogP contribution in [0.2, 0.25) is 0 Å². The van der Waals surface area contributed by atoms with Crippen LogP contribution in [0, 0.1) is 5.92 Å². The molecule has 0 saturated carbocycles. The van der Waals surface area contributed by atoms with E-state index in [1.54, 1.807) is 13.1 Å². The molecule has 0 amide bonds. The van der Waals surface area contributed by atoms with Crippen molar-refractivity contribution in [3.05, 3.63) is 16.3 Å². The second-order valence-electron chi connectivity index (χ2n) is 5.06. The topological polar surface area (TPSA) is 49.4 Å². The Balaban J connectivity index is 2.86. The molecule has 0 atom stereocenters. The number of sulfonamides is 1. The number of nitrogens with zero attached hydrogens (tertiary/aromatic N) is 1. The molecule has 1 N–H and O–H groups in total. The van der Waals surface area contributed by atoms with E-state index in [4.69, 9.17) is 0 Å². The van der Waals surface area contributed by atoms with E-state index in [-0.39, 0.29) is 0 Å². The van der Waals surface area contributed by atoms with Crippen LogP contribution in [0.15, 0.2) is 16.3 Å². The SMILES string of the molecule is CCCNCc1sccc1S(=O)(=O)N(C)CC(C)C. The molecule has 0 unspecified atom stereocenters. The Morgan fingerprint density at radius 1 is 1.42 bits per heavy atom. The van der Waals surface area contributed by atoms with Gasteiger partial charge in [-0.1, -0.05) is 20.8 Å². The lowest BCUT2D eigenvalue weighted by molar-refractivity contribution is 0.417. The highest BCUT2D eigenvalue weighted by molar-refractivity contribution is 7.89. The number of hydrogen-bond acceptors (Lipinski definition) is 4. The minimum Gasteiger partial charge on any atom is -0.312 e. The lowest BCUT2D eigenvalue weighted by Crippen LogP contribution is -2.31. The molecule has 4 nitrogen and oxygen atoms in total. The summed E-state index contributed by atoms with van der Waals surface area (Å²) in [7, 11) is -1.71. The molecule has 0 bridgehead atoms. The normalized spacial score (nSPS) is 12.5. The Kier molecular flexibility index (Phi) is 6.46. The lowest BCUT2D eigenvalue weighted by atomic mass is 10.2. The summed E-state index contributed by atoms with van der Waals surface area (Å²) in [6.45, 7) is 8.19. The summed E-state index contributed by atoms with van der Waals surface area (Å²) < 4.78 is 26.4. The van der Waals surface area contributed by atoms with Gasteiger partial charge >= 0.3 is 0 Å². The van der Waals surface area contributed by atoms with E-state index in [0.717, 1.165) is 17.8 Å². The fraction of sp³-hybridized carbons (Fsp3) is 0.692. The fourth-order valence-corrected chi connectivity index (χ4v) is 4.56. The van der Waals surface area contributed by atoms with Crippen LogP contribution in [0.3, 0.4) is 0 Å². The van der Waals surface area contributed by atoms with Crippen molar-refractivity contribution in [3.63, 3.8) is 0 Å². The smallest absolute Gasteiger partial charge is 0.243 e. The zero-order valence-electron chi connectivity index (χ0n) is 12.1. The highest BCUT2D eigenvalue weighted by atomic mass is 32.2. The van der Waals surface area contributed by atoms with E-state index in [1.165, 1.54) is 15.6 Å². The number of thiophene rings is 1. The first-order valence-corrected chi connectivity index (χ1v) is 8.95. The second-order valence-corrected chi connectivity index (χ2v) is 8.08. The van der Waals surface area contributed by atoms with Crippen molar-refractivity contribution in [3.8, 4) is 0 Å². The molecule has 0 aliphatic heterocycles. The minimum atomic E-state index is -3.35. The van der Waals surface area contributed by atoms with Crippen LogP contribution in [0.5, 0.6) is 0 Å². The molecule has 0 saturated heterocycles. The average Bonchev–Trinajstić information content (AvgIpc) is 2.77. The summed E-state index contributed by atoms with van der Waals surface area (Å²) in [6.07, 6.45) is 1.04. The quantitative estimate of drug-likeness (QED) is 0.751. The number of rotatable bonds is 8. The first-order chi connectivity index (χ1) is 8.89. The van der Waals surface area contributed by atoms with Crippen molar-refractivity contribution < 1.29 is 8.42 Å². The van der Waals surface area contributed by atoms with Gasteiger partial charge in [-0.2, -0.15) is 0 Å². The van der Waals surface area contributed by atoms with E-state index in [2.05, 4.69) is 12.2 Å². The molecule has 1 aromatic heterocycles. The predicted octanol–water partition coefficient (Wildman–Crippen LogP) is 2.52. The van der Waals surface area contributed by atoms with E-state index in [1.807, 2.05) is 19.2 Å². The summed E-state index contributed by atoms with van der Waals surface area (Å²) >= 11 is 1.49. The molecule has 1 aromatic rings. The highest BCUT2D eigenvalue weighted by Gasteiger charge is 2.25. The van der Waals surface area contributed by atoms with Crippen LogP contribution in [-0.4, -0.2) is 32.9 Å². The van der Waals surface area contributed by atoms with Gasteiger partial charge in [0.25, 0.3) is 0 Å². The maximum Gasteiger partial charge on any atom is 0.243 e. The Morgan fingerprint density at radius 3 is 2.68 bits per heavy atom. The third-order valence-electron chi connectivity index (χ3n) is 2.73. The van der Waals surface area contributed by atoms with E-state index < -0.39 is 10.0 Å². The van der Waals surface area contributed by atoms with Crippen molar-refractivity contribution in [1.82, 2.24) is 9.62 Å². The molecule has 0 fully saturated rings. The zero-order valence-corrected chi connectivity index (χ0v) is 13.8. The monoisotopic (exact) mass is 304 g/mol. The molecule has 6 heteroatoms. The molecule has 0 aliphatic carbocycles. The number of nitrogens with one attached hydrogen (secondary N) is 1. The molecule has 0 radical (unpaired) electrons. The highest BCUT2D eigenvalue weighted by Crippen LogP contribution is 2.25. The van der Waals surface area contributed by atoms with Gasteiger partial charge in [0.1, 0.15) is 0 Å². The maximum absolute atomic E-state index is 12.5. The Hall–Kier alpha value is -0.430. The van der Waals surface area contributed by atoms with Gasteiger partial charge in [0.05, 0.1) is 4.90 Å². The molecule has 0 aromatic carbocycles. The van der Waals surface area contributed by atoms with Crippen molar-refractivity contribution in [1.29, 1.82) is 0 Å². The molecule has 1 heterocycles. The molecule has 1 rings (SSSR count). The molecular weight excluding hydrogens is 280 g/mol. The zero-order chi connectivity index (χ0) is 14.5. The predicted molar refractivity (Wildman–Crippen MR) is 81.0 cm³/mol. The van der Waals surface area contributed by atoms with Crippen LogP contribution >= 0.6 is 11.3 Å². The maximum atomic E-state index is 12.5. The van der Waals surface area contributed by atoms with Crippen LogP contribution in [0.1, 0.15) is 32.1 Å². The third kappa shape index (κ3) is 4.56. The van der Waals surface area contributed by atoms with Crippen molar-refractivity contribution in [2.75, 3.05) is 20.1 Å². The van der Waals surface area contributed by atoms with Crippen LogP contribution in [0.25, 0.3) is 0 Å². The van der Waals surface area contributed by atoms with Gasteiger partial charge in [-0.3, -0.25) is 0 Å². The van der Waals surface area contributed by atoms with Gasteiger partial charge in [0, 0.05) is 25.0 Å².